The van der Waals surface area contributed by atoms with Crippen LogP contribution in [0.15, 0.2) is 18.2 Å². The van der Waals surface area contributed by atoms with Crippen LogP contribution < -0.4 is 10.1 Å². The monoisotopic (exact) mass is 323 g/mol. The lowest BCUT2D eigenvalue weighted by Gasteiger charge is -2.19. The number of aryl methyl sites for hydroxylation is 1. The largest absolute Gasteiger partial charge is 0.483 e. The third kappa shape index (κ3) is 3.61. The van der Waals surface area contributed by atoms with Gasteiger partial charge in [0.25, 0.3) is 5.91 Å². The van der Waals surface area contributed by atoms with Gasteiger partial charge in [-0.25, -0.2) is 8.42 Å². The molecule has 1 aromatic carbocycles. The average Bonchev–Trinajstić information content (AvgIpc) is 2.84. The van der Waals surface area contributed by atoms with Crippen LogP contribution in [-0.2, 0) is 27.5 Å². The van der Waals surface area contributed by atoms with Crippen LogP contribution in [0.2, 0.25) is 0 Å². The van der Waals surface area contributed by atoms with Crippen molar-refractivity contribution >= 4 is 15.7 Å². The molecule has 1 N–H and O–H groups in total. The molecule has 0 spiro atoms. The van der Waals surface area contributed by atoms with Gasteiger partial charge in [0.1, 0.15) is 5.75 Å². The summed E-state index contributed by atoms with van der Waals surface area (Å²) >= 11 is 0. The second-order valence-corrected chi connectivity index (χ2v) is 8.29. The Kier molecular flexibility index (Phi) is 4.38. The summed E-state index contributed by atoms with van der Waals surface area (Å²) in [5.41, 5.74) is 2.52. The fourth-order valence-corrected chi connectivity index (χ4v) is 4.88. The van der Waals surface area contributed by atoms with Crippen LogP contribution >= 0.6 is 0 Å². The van der Waals surface area contributed by atoms with Crippen LogP contribution in [0.4, 0.5) is 0 Å². The molecule has 1 heterocycles. The van der Waals surface area contributed by atoms with Crippen molar-refractivity contribution in [2.24, 2.45) is 0 Å². The van der Waals surface area contributed by atoms with Crippen LogP contribution in [-0.4, -0.2) is 38.5 Å². The minimum Gasteiger partial charge on any atom is -0.483 e. The zero-order chi connectivity index (χ0) is 15.6. The van der Waals surface area contributed by atoms with E-state index in [0.717, 1.165) is 25.0 Å². The molecule has 3 rings (SSSR count). The quantitative estimate of drug-likeness (QED) is 0.905. The maximum absolute atomic E-state index is 11.9. The van der Waals surface area contributed by atoms with E-state index in [2.05, 4.69) is 11.4 Å². The van der Waals surface area contributed by atoms with Crippen molar-refractivity contribution in [1.82, 2.24) is 5.32 Å². The summed E-state index contributed by atoms with van der Waals surface area (Å²) in [6.45, 7) is -0.0625. The number of amides is 1. The summed E-state index contributed by atoms with van der Waals surface area (Å²) in [7, 11) is -2.98. The molecule has 5 nitrogen and oxygen atoms in total. The standard InChI is InChI=1S/C16H21NO4S/c18-16(17-13-8-9-22(19,20)11-13)10-21-15-7-3-5-12-4-1-2-6-14(12)15/h3,5,7,13H,1-2,4,6,8-11H2,(H,17,18). The molecule has 1 saturated heterocycles. The Labute approximate surface area is 131 Å². The van der Waals surface area contributed by atoms with Crippen LogP contribution in [0.25, 0.3) is 0 Å². The van der Waals surface area contributed by atoms with E-state index < -0.39 is 9.84 Å². The van der Waals surface area contributed by atoms with Gasteiger partial charge in [0.05, 0.1) is 11.5 Å². The van der Waals surface area contributed by atoms with E-state index in [-0.39, 0.29) is 30.1 Å². The Morgan fingerprint density at radius 3 is 2.86 bits per heavy atom. The van der Waals surface area contributed by atoms with E-state index in [0.29, 0.717) is 6.42 Å². The topological polar surface area (TPSA) is 72.5 Å². The van der Waals surface area contributed by atoms with Crippen molar-refractivity contribution in [3.05, 3.63) is 29.3 Å². The van der Waals surface area contributed by atoms with Crippen molar-refractivity contribution in [2.75, 3.05) is 18.1 Å². The lowest BCUT2D eigenvalue weighted by molar-refractivity contribution is -0.123. The first kappa shape index (κ1) is 15.3. The fraction of sp³-hybridized carbons (Fsp3) is 0.562. The van der Waals surface area contributed by atoms with Gasteiger partial charge in [-0.15, -0.1) is 0 Å². The minimum atomic E-state index is -2.98. The maximum atomic E-state index is 11.9. The molecule has 6 heteroatoms. The van der Waals surface area contributed by atoms with Gasteiger partial charge in [-0.1, -0.05) is 12.1 Å². The Morgan fingerprint density at radius 2 is 2.09 bits per heavy atom. The Morgan fingerprint density at radius 1 is 1.27 bits per heavy atom. The fourth-order valence-electron chi connectivity index (χ4n) is 3.20. The van der Waals surface area contributed by atoms with Gasteiger partial charge in [0, 0.05) is 6.04 Å². The van der Waals surface area contributed by atoms with E-state index >= 15 is 0 Å². The Hall–Kier alpha value is -1.56. The Bertz CT molecular complexity index is 669. The second-order valence-electron chi connectivity index (χ2n) is 6.06. The van der Waals surface area contributed by atoms with Crippen molar-refractivity contribution in [3.63, 3.8) is 0 Å². The third-order valence-corrected chi connectivity index (χ3v) is 6.08. The maximum Gasteiger partial charge on any atom is 0.258 e. The van der Waals surface area contributed by atoms with Gasteiger partial charge in [-0.2, -0.15) is 0 Å². The number of hydrogen-bond donors (Lipinski definition) is 1. The number of benzene rings is 1. The SMILES string of the molecule is O=C(COc1cccc2c1CCCC2)NC1CCS(=O)(=O)C1. The molecular formula is C16H21NO4S. The molecule has 1 aromatic rings. The number of nitrogens with one attached hydrogen (secondary N) is 1. The number of fused-ring (bicyclic) bond motifs is 1. The average molecular weight is 323 g/mol. The summed E-state index contributed by atoms with van der Waals surface area (Å²) in [6.07, 6.45) is 4.91. The molecule has 22 heavy (non-hydrogen) atoms. The van der Waals surface area contributed by atoms with Crippen molar-refractivity contribution < 1.29 is 17.9 Å². The highest BCUT2D eigenvalue weighted by Gasteiger charge is 2.29. The van der Waals surface area contributed by atoms with Crippen LogP contribution in [0.3, 0.4) is 0 Å². The van der Waals surface area contributed by atoms with Gasteiger partial charge in [0.15, 0.2) is 16.4 Å². The van der Waals surface area contributed by atoms with E-state index in [1.54, 1.807) is 0 Å². The molecular weight excluding hydrogens is 302 g/mol. The zero-order valence-electron chi connectivity index (χ0n) is 12.5. The number of ether oxygens (including phenoxy) is 1. The van der Waals surface area contributed by atoms with Gasteiger partial charge in [-0.3, -0.25) is 4.79 Å². The zero-order valence-corrected chi connectivity index (χ0v) is 13.3. The summed E-state index contributed by atoms with van der Waals surface area (Å²) < 4.78 is 28.4. The molecule has 1 aliphatic carbocycles. The second kappa shape index (κ2) is 6.28. The summed E-state index contributed by atoms with van der Waals surface area (Å²) in [4.78, 5) is 11.9. The predicted molar refractivity (Wildman–Crippen MR) is 83.8 cm³/mol. The van der Waals surface area contributed by atoms with Crippen LogP contribution in [0.5, 0.6) is 5.75 Å². The molecule has 1 amide bonds. The third-order valence-electron chi connectivity index (χ3n) is 4.31. The molecule has 0 radical (unpaired) electrons. The van der Waals surface area contributed by atoms with E-state index in [4.69, 9.17) is 4.74 Å². The van der Waals surface area contributed by atoms with Crippen LogP contribution in [0, 0.1) is 0 Å². The summed E-state index contributed by atoms with van der Waals surface area (Å²) in [6, 6.07) is 5.70. The van der Waals surface area contributed by atoms with E-state index in [1.807, 2.05) is 12.1 Å². The van der Waals surface area contributed by atoms with E-state index in [1.165, 1.54) is 17.5 Å². The van der Waals surface area contributed by atoms with Gasteiger partial charge >= 0.3 is 0 Å². The first-order valence-corrected chi connectivity index (χ1v) is 9.59. The minimum absolute atomic E-state index is 0.0411. The van der Waals surface area contributed by atoms with Gasteiger partial charge < -0.3 is 10.1 Å². The molecule has 1 atom stereocenters. The molecule has 0 aromatic heterocycles. The van der Waals surface area contributed by atoms with E-state index in [9.17, 15) is 13.2 Å². The van der Waals surface area contributed by atoms with Gasteiger partial charge in [-0.05, 0) is 49.3 Å². The van der Waals surface area contributed by atoms with Crippen LogP contribution in [0.1, 0.15) is 30.4 Å². The smallest absolute Gasteiger partial charge is 0.258 e. The lowest BCUT2D eigenvalue weighted by atomic mass is 9.91. The van der Waals surface area contributed by atoms with Gasteiger partial charge in [0.2, 0.25) is 0 Å². The summed E-state index contributed by atoms with van der Waals surface area (Å²) in [5, 5.41) is 2.74. The summed E-state index contributed by atoms with van der Waals surface area (Å²) in [5.74, 6) is 0.728. The highest BCUT2D eigenvalue weighted by molar-refractivity contribution is 7.91. The first-order chi connectivity index (χ1) is 10.5. The normalized spacial score (nSPS) is 22.8. The first-order valence-electron chi connectivity index (χ1n) is 7.77. The number of rotatable bonds is 4. The Balaban J connectivity index is 1.55. The number of hydrogen-bond acceptors (Lipinski definition) is 4. The number of carbonyl (C=O) groups excluding carboxylic acids is 1. The predicted octanol–water partition coefficient (Wildman–Crippen LogP) is 1.25. The molecule has 120 valence electrons. The lowest BCUT2D eigenvalue weighted by Crippen LogP contribution is -2.38. The molecule has 0 saturated carbocycles. The van der Waals surface area contributed by atoms with Crippen molar-refractivity contribution in [3.8, 4) is 5.75 Å². The molecule has 1 unspecified atom stereocenters. The number of carbonyl (C=O) groups is 1. The molecule has 0 bridgehead atoms. The molecule has 1 aliphatic heterocycles. The van der Waals surface area contributed by atoms with Crippen molar-refractivity contribution in [1.29, 1.82) is 0 Å². The molecule has 1 fully saturated rings. The molecule has 2 aliphatic rings. The van der Waals surface area contributed by atoms with Crippen molar-refractivity contribution in [2.45, 2.75) is 38.1 Å². The highest BCUT2D eigenvalue weighted by Crippen LogP contribution is 2.29. The highest BCUT2D eigenvalue weighted by atomic mass is 32.2. The number of sulfone groups is 1.